The summed E-state index contributed by atoms with van der Waals surface area (Å²) in [5, 5.41) is 11.8. The largest absolute Gasteiger partial charge is 0.497 e. The minimum absolute atomic E-state index is 0.0268. The number of aromatic nitrogens is 2. The highest BCUT2D eigenvalue weighted by Gasteiger charge is 2.44. The Kier molecular flexibility index (Phi) is 7.09. The number of rotatable bonds is 10. The zero-order chi connectivity index (χ0) is 24.3. The Balaban J connectivity index is 1.77. The number of methoxy groups -OCH3 is 1. The van der Waals surface area contributed by atoms with Crippen molar-refractivity contribution in [2.45, 2.75) is 50.8 Å². The molecular formula is C26H33N3O4Si. The van der Waals surface area contributed by atoms with E-state index >= 15 is 0 Å². The molecule has 2 aromatic carbocycles. The molecule has 8 heteroatoms. The van der Waals surface area contributed by atoms with Gasteiger partial charge < -0.3 is 19.9 Å². The van der Waals surface area contributed by atoms with Gasteiger partial charge in [-0.2, -0.15) is 0 Å². The molecule has 0 bridgehead atoms. The molecule has 1 amide bonds. The van der Waals surface area contributed by atoms with Crippen LogP contribution < -0.4 is 10.1 Å². The Labute approximate surface area is 201 Å². The first-order valence-corrected chi connectivity index (χ1v) is 15.3. The van der Waals surface area contributed by atoms with Crippen molar-refractivity contribution in [2.24, 2.45) is 0 Å². The Hall–Kier alpha value is -3.10. The van der Waals surface area contributed by atoms with Crippen LogP contribution in [0, 0.1) is 0 Å². The molecule has 180 valence electrons. The van der Waals surface area contributed by atoms with Gasteiger partial charge in [-0.15, -0.1) is 0 Å². The summed E-state index contributed by atoms with van der Waals surface area (Å²) in [4.78, 5) is 16.3. The van der Waals surface area contributed by atoms with E-state index in [0.717, 1.165) is 46.6 Å². The van der Waals surface area contributed by atoms with Gasteiger partial charge in [-0.3, -0.25) is 4.57 Å². The predicted octanol–water partition coefficient (Wildman–Crippen LogP) is 5.66. The molecule has 2 atom stereocenters. The highest BCUT2D eigenvalue weighted by Crippen LogP contribution is 2.46. The molecule has 1 fully saturated rings. The number of ether oxygens (including phenoxy) is 2. The topological polar surface area (TPSA) is 85.6 Å². The standard InChI is InChI=1S/C26H33N3O4Si/c1-32-20-12-10-18(11-13-20)24-23(21-16-22(21)27-26(30)31)28-25(19-8-6-5-7-9-19)29(24)17-33-14-15-34(2,3)4/h5-13,21-22,27H,14-17H2,1-4H3,(H,30,31). The molecule has 1 heterocycles. The molecule has 34 heavy (non-hydrogen) atoms. The number of hydrogen-bond acceptors (Lipinski definition) is 4. The number of nitrogens with zero attached hydrogens (tertiary/aromatic N) is 2. The molecule has 1 aliphatic rings. The number of hydrogen-bond donors (Lipinski definition) is 2. The molecule has 2 N–H and O–H groups in total. The van der Waals surface area contributed by atoms with E-state index in [2.05, 4.69) is 29.5 Å². The van der Waals surface area contributed by atoms with Crippen molar-refractivity contribution in [1.29, 1.82) is 0 Å². The Morgan fingerprint density at radius 2 is 1.82 bits per heavy atom. The van der Waals surface area contributed by atoms with Gasteiger partial charge in [-0.25, -0.2) is 9.78 Å². The fourth-order valence-electron chi connectivity index (χ4n) is 4.07. The lowest BCUT2D eigenvalue weighted by Gasteiger charge is -2.18. The first-order valence-electron chi connectivity index (χ1n) is 11.6. The van der Waals surface area contributed by atoms with E-state index < -0.39 is 14.2 Å². The number of nitrogens with one attached hydrogen (secondary N) is 1. The summed E-state index contributed by atoms with van der Waals surface area (Å²) in [5.74, 6) is 1.64. The number of amides is 1. The van der Waals surface area contributed by atoms with Crippen LogP contribution in [-0.4, -0.2) is 48.6 Å². The van der Waals surface area contributed by atoms with Crippen molar-refractivity contribution in [3.05, 3.63) is 60.3 Å². The summed E-state index contributed by atoms with van der Waals surface area (Å²) >= 11 is 0. The van der Waals surface area contributed by atoms with Crippen molar-refractivity contribution < 1.29 is 19.4 Å². The van der Waals surface area contributed by atoms with Crippen molar-refractivity contribution in [3.8, 4) is 28.4 Å². The molecule has 0 aliphatic heterocycles. The van der Waals surface area contributed by atoms with Crippen LogP contribution in [0.5, 0.6) is 5.75 Å². The van der Waals surface area contributed by atoms with E-state index in [-0.39, 0.29) is 12.0 Å². The van der Waals surface area contributed by atoms with Crippen LogP contribution >= 0.6 is 0 Å². The second-order valence-corrected chi connectivity index (χ2v) is 15.6. The Morgan fingerprint density at radius 1 is 1.12 bits per heavy atom. The van der Waals surface area contributed by atoms with Gasteiger partial charge in [-0.05, 0) is 36.7 Å². The van der Waals surface area contributed by atoms with E-state index in [1.165, 1.54) is 0 Å². The maximum absolute atomic E-state index is 11.2. The SMILES string of the molecule is COc1ccc(-c2c(C3CC3NC(=O)O)nc(-c3ccccc3)n2COCC[Si](C)(C)C)cc1. The third kappa shape index (κ3) is 5.68. The minimum Gasteiger partial charge on any atom is -0.497 e. The van der Waals surface area contributed by atoms with Crippen LogP contribution in [0.1, 0.15) is 18.0 Å². The smallest absolute Gasteiger partial charge is 0.404 e. The highest BCUT2D eigenvalue weighted by molar-refractivity contribution is 6.76. The Bertz CT molecular complexity index is 1120. The van der Waals surface area contributed by atoms with Crippen LogP contribution in [0.15, 0.2) is 54.6 Å². The fraction of sp³-hybridized carbons (Fsp3) is 0.385. The van der Waals surface area contributed by atoms with Gasteiger partial charge in [-0.1, -0.05) is 50.0 Å². The second-order valence-electron chi connectivity index (χ2n) is 9.94. The maximum Gasteiger partial charge on any atom is 0.404 e. The van der Waals surface area contributed by atoms with Gasteiger partial charge in [0, 0.05) is 37.8 Å². The quantitative estimate of drug-likeness (QED) is 0.289. The monoisotopic (exact) mass is 479 g/mol. The van der Waals surface area contributed by atoms with Crippen LogP contribution in [0.3, 0.4) is 0 Å². The second kappa shape index (κ2) is 10.0. The average Bonchev–Trinajstić information content (AvgIpc) is 3.45. The molecule has 1 aromatic heterocycles. The van der Waals surface area contributed by atoms with Crippen molar-refractivity contribution >= 4 is 14.2 Å². The van der Waals surface area contributed by atoms with Gasteiger partial charge in [0.25, 0.3) is 0 Å². The summed E-state index contributed by atoms with van der Waals surface area (Å²) in [5.41, 5.74) is 3.87. The van der Waals surface area contributed by atoms with Gasteiger partial charge >= 0.3 is 6.09 Å². The zero-order valence-electron chi connectivity index (χ0n) is 20.2. The van der Waals surface area contributed by atoms with Gasteiger partial charge in [0.1, 0.15) is 18.3 Å². The van der Waals surface area contributed by atoms with Gasteiger partial charge in [0.05, 0.1) is 18.5 Å². The third-order valence-electron chi connectivity index (χ3n) is 6.06. The lowest BCUT2D eigenvalue weighted by molar-refractivity contribution is 0.0892. The van der Waals surface area contributed by atoms with Crippen molar-refractivity contribution in [2.75, 3.05) is 13.7 Å². The van der Waals surface area contributed by atoms with E-state index in [9.17, 15) is 9.90 Å². The number of carboxylic acid groups (broad SMARTS) is 1. The predicted molar refractivity (Wildman–Crippen MR) is 136 cm³/mol. The van der Waals surface area contributed by atoms with Crippen LogP contribution in [0.25, 0.3) is 22.6 Å². The van der Waals surface area contributed by atoms with Crippen molar-refractivity contribution in [1.82, 2.24) is 14.9 Å². The summed E-state index contributed by atoms with van der Waals surface area (Å²) < 4.78 is 13.7. The maximum atomic E-state index is 11.2. The Morgan fingerprint density at radius 3 is 2.44 bits per heavy atom. The van der Waals surface area contributed by atoms with Crippen LogP contribution in [0.2, 0.25) is 25.7 Å². The molecule has 2 unspecified atom stereocenters. The first-order chi connectivity index (χ1) is 16.3. The van der Waals surface area contributed by atoms with E-state index in [1.54, 1.807) is 7.11 Å². The highest BCUT2D eigenvalue weighted by atomic mass is 28.3. The van der Waals surface area contributed by atoms with Gasteiger partial charge in [0.2, 0.25) is 0 Å². The third-order valence-corrected chi connectivity index (χ3v) is 7.76. The van der Waals surface area contributed by atoms with Crippen molar-refractivity contribution in [3.63, 3.8) is 0 Å². The summed E-state index contributed by atoms with van der Waals surface area (Å²) in [7, 11) is 0.434. The molecule has 1 aliphatic carbocycles. The summed E-state index contributed by atoms with van der Waals surface area (Å²) in [6, 6.07) is 18.9. The van der Waals surface area contributed by atoms with E-state index in [4.69, 9.17) is 14.5 Å². The summed E-state index contributed by atoms with van der Waals surface area (Å²) in [6.07, 6.45) is -0.270. The van der Waals surface area contributed by atoms with Crippen LogP contribution in [0.4, 0.5) is 4.79 Å². The van der Waals surface area contributed by atoms with E-state index in [0.29, 0.717) is 13.3 Å². The molecule has 0 radical (unpaired) electrons. The first kappa shape index (κ1) is 24.0. The fourth-order valence-corrected chi connectivity index (χ4v) is 4.82. The lowest BCUT2D eigenvalue weighted by Crippen LogP contribution is -2.24. The lowest BCUT2D eigenvalue weighted by atomic mass is 10.1. The summed E-state index contributed by atoms with van der Waals surface area (Å²) in [6.45, 7) is 8.10. The van der Waals surface area contributed by atoms with E-state index in [1.807, 2.05) is 54.6 Å². The molecular weight excluding hydrogens is 446 g/mol. The normalized spacial score (nSPS) is 17.4. The number of imidazole rings is 1. The van der Waals surface area contributed by atoms with Gasteiger partial charge in [0.15, 0.2) is 0 Å². The van der Waals surface area contributed by atoms with Crippen LogP contribution in [-0.2, 0) is 11.5 Å². The molecule has 3 aromatic rings. The number of benzene rings is 2. The molecule has 1 saturated carbocycles. The average molecular weight is 480 g/mol. The minimum atomic E-state index is -1.22. The zero-order valence-corrected chi connectivity index (χ0v) is 21.2. The molecule has 0 saturated heterocycles. The number of carbonyl (C=O) groups is 1. The molecule has 7 nitrogen and oxygen atoms in total. The molecule has 0 spiro atoms. The molecule has 4 rings (SSSR count).